The maximum atomic E-state index is 11.3. The topological polar surface area (TPSA) is 70.7 Å². The first-order chi connectivity index (χ1) is 13.1. The molecule has 2 aromatic carbocycles. The molecule has 0 saturated carbocycles. The van der Waals surface area contributed by atoms with Gasteiger partial charge in [-0.1, -0.05) is 49.4 Å². The fraction of sp³-hybridized carbons (Fsp3) is 0.364. The van der Waals surface area contributed by atoms with Crippen molar-refractivity contribution in [3.8, 4) is 0 Å². The summed E-state index contributed by atoms with van der Waals surface area (Å²) in [6.45, 7) is 4.87. The molecular formula is C22H28N4O. The lowest BCUT2D eigenvalue weighted by Crippen LogP contribution is -2.47. The number of likely N-dealkylation sites (tertiary alicyclic amines) is 1. The van der Waals surface area contributed by atoms with Crippen LogP contribution in [-0.4, -0.2) is 36.9 Å². The molecule has 1 amide bonds. The highest BCUT2D eigenvalue weighted by molar-refractivity contribution is 5.92. The van der Waals surface area contributed by atoms with Gasteiger partial charge in [-0.3, -0.25) is 9.79 Å². The molecule has 142 valence electrons. The van der Waals surface area contributed by atoms with E-state index in [1.165, 1.54) is 5.56 Å². The smallest absolute Gasteiger partial charge is 0.248 e. The molecule has 27 heavy (non-hydrogen) atoms. The molecule has 0 aliphatic carbocycles. The minimum absolute atomic E-state index is 0.405. The Bertz CT molecular complexity index is 803. The van der Waals surface area contributed by atoms with Gasteiger partial charge in [0.1, 0.15) is 0 Å². The molecule has 0 radical (unpaired) electrons. The van der Waals surface area contributed by atoms with E-state index in [-0.39, 0.29) is 0 Å². The van der Waals surface area contributed by atoms with Crippen molar-refractivity contribution in [3.63, 3.8) is 0 Å². The Labute approximate surface area is 161 Å². The van der Waals surface area contributed by atoms with Crippen LogP contribution < -0.4 is 11.1 Å². The van der Waals surface area contributed by atoms with Crippen LogP contribution in [0, 0.1) is 5.92 Å². The minimum Gasteiger partial charge on any atom is -0.366 e. The second-order valence-electron chi connectivity index (χ2n) is 7.19. The predicted octanol–water partition coefficient (Wildman–Crippen LogP) is 2.99. The maximum Gasteiger partial charge on any atom is 0.248 e. The number of rotatable bonds is 4. The van der Waals surface area contributed by atoms with Crippen molar-refractivity contribution in [3.05, 3.63) is 71.3 Å². The Morgan fingerprint density at radius 2 is 2.00 bits per heavy atom. The van der Waals surface area contributed by atoms with E-state index in [0.717, 1.165) is 31.0 Å². The van der Waals surface area contributed by atoms with E-state index in [9.17, 15) is 4.79 Å². The van der Waals surface area contributed by atoms with E-state index in [2.05, 4.69) is 52.5 Å². The first kappa shape index (κ1) is 19.0. The molecule has 0 aromatic heterocycles. The Balaban J connectivity index is 1.60. The van der Waals surface area contributed by atoms with Gasteiger partial charge < -0.3 is 16.0 Å². The number of carbonyl (C=O) groups excluding carboxylic acids is 1. The van der Waals surface area contributed by atoms with Gasteiger partial charge in [0.25, 0.3) is 0 Å². The number of nitrogens with zero attached hydrogens (tertiary/aromatic N) is 2. The van der Waals surface area contributed by atoms with Gasteiger partial charge in [-0.05, 0) is 41.5 Å². The maximum absolute atomic E-state index is 11.3. The van der Waals surface area contributed by atoms with Crippen LogP contribution in [0.25, 0.3) is 0 Å². The second kappa shape index (κ2) is 8.71. The first-order valence-electron chi connectivity index (χ1n) is 9.47. The number of nitrogens with one attached hydrogen (secondary N) is 1. The molecule has 5 heteroatoms. The molecule has 3 rings (SSSR count). The normalized spacial score (nSPS) is 20.4. The largest absolute Gasteiger partial charge is 0.366 e. The molecule has 1 saturated heterocycles. The van der Waals surface area contributed by atoms with Gasteiger partial charge in [-0.15, -0.1) is 0 Å². The number of amides is 1. The molecule has 1 fully saturated rings. The third-order valence-electron chi connectivity index (χ3n) is 5.31. The van der Waals surface area contributed by atoms with Crippen LogP contribution in [0.1, 0.15) is 40.7 Å². The number of hydrogen-bond acceptors (Lipinski definition) is 2. The predicted molar refractivity (Wildman–Crippen MR) is 110 cm³/mol. The van der Waals surface area contributed by atoms with Crippen molar-refractivity contribution in [2.45, 2.75) is 25.8 Å². The van der Waals surface area contributed by atoms with Crippen molar-refractivity contribution >= 4 is 11.9 Å². The Hall–Kier alpha value is -2.82. The van der Waals surface area contributed by atoms with Gasteiger partial charge in [0, 0.05) is 32.2 Å². The number of nitrogens with two attached hydrogens (primary N) is 1. The van der Waals surface area contributed by atoms with Crippen molar-refractivity contribution < 1.29 is 4.79 Å². The van der Waals surface area contributed by atoms with Gasteiger partial charge in [0.05, 0.1) is 0 Å². The van der Waals surface area contributed by atoms with Crippen molar-refractivity contribution in [1.82, 2.24) is 10.2 Å². The van der Waals surface area contributed by atoms with Crippen molar-refractivity contribution in [1.29, 1.82) is 0 Å². The Morgan fingerprint density at radius 1 is 1.22 bits per heavy atom. The first-order valence-corrected chi connectivity index (χ1v) is 9.47. The summed E-state index contributed by atoms with van der Waals surface area (Å²) in [4.78, 5) is 18.1. The summed E-state index contributed by atoms with van der Waals surface area (Å²) in [5.74, 6) is 1.64. The fourth-order valence-electron chi connectivity index (χ4n) is 3.88. The van der Waals surface area contributed by atoms with E-state index >= 15 is 0 Å². The molecule has 5 nitrogen and oxygen atoms in total. The molecule has 2 unspecified atom stereocenters. The lowest BCUT2D eigenvalue weighted by molar-refractivity contribution is 0.1000. The third-order valence-corrected chi connectivity index (χ3v) is 5.31. The molecule has 2 aromatic rings. The van der Waals surface area contributed by atoms with E-state index in [1.54, 1.807) is 6.07 Å². The monoisotopic (exact) mass is 364 g/mol. The number of aliphatic imine (C=N–C) groups is 1. The fourth-order valence-corrected chi connectivity index (χ4v) is 3.88. The SMILES string of the molecule is CN=C(NCc1cccc(C(N)=O)c1)N1CCC(c2ccccc2)C(C)C1. The summed E-state index contributed by atoms with van der Waals surface area (Å²) >= 11 is 0. The van der Waals surface area contributed by atoms with Crippen LogP contribution in [0.15, 0.2) is 59.6 Å². The number of benzene rings is 2. The highest BCUT2D eigenvalue weighted by atomic mass is 16.1. The van der Waals surface area contributed by atoms with Crippen LogP contribution in [-0.2, 0) is 6.54 Å². The van der Waals surface area contributed by atoms with E-state index in [1.807, 2.05) is 25.2 Å². The number of carbonyl (C=O) groups is 1. The van der Waals surface area contributed by atoms with E-state index < -0.39 is 5.91 Å². The second-order valence-corrected chi connectivity index (χ2v) is 7.19. The molecule has 2 atom stereocenters. The minimum atomic E-state index is -0.405. The number of guanidine groups is 1. The Kier molecular flexibility index (Phi) is 6.12. The van der Waals surface area contributed by atoms with Gasteiger partial charge in [0.2, 0.25) is 5.91 Å². The highest BCUT2D eigenvalue weighted by Gasteiger charge is 2.28. The van der Waals surface area contributed by atoms with Crippen LogP contribution in [0.4, 0.5) is 0 Å². The molecule has 1 aliphatic heterocycles. The summed E-state index contributed by atoms with van der Waals surface area (Å²) in [6.07, 6.45) is 1.11. The summed E-state index contributed by atoms with van der Waals surface area (Å²) in [6, 6.07) is 18.2. The summed E-state index contributed by atoms with van der Waals surface area (Å²) in [5, 5.41) is 3.42. The average molecular weight is 364 g/mol. The third kappa shape index (κ3) is 4.67. The molecule has 0 bridgehead atoms. The van der Waals surface area contributed by atoms with E-state index in [4.69, 9.17) is 5.73 Å². The Morgan fingerprint density at radius 3 is 2.67 bits per heavy atom. The standard InChI is InChI=1S/C22H28N4O/c1-16-15-26(12-11-20(16)18-8-4-3-5-9-18)22(24-2)25-14-17-7-6-10-19(13-17)21(23)27/h3-10,13,16,20H,11-12,14-15H2,1-2H3,(H2,23,27)(H,24,25). The molecule has 1 heterocycles. The van der Waals surface area contributed by atoms with Gasteiger partial charge in [0.15, 0.2) is 5.96 Å². The lowest BCUT2D eigenvalue weighted by Gasteiger charge is -2.39. The zero-order chi connectivity index (χ0) is 19.2. The number of hydrogen-bond donors (Lipinski definition) is 2. The summed E-state index contributed by atoms with van der Waals surface area (Å²) in [5.41, 5.74) is 8.34. The summed E-state index contributed by atoms with van der Waals surface area (Å²) < 4.78 is 0. The van der Waals surface area contributed by atoms with Crippen molar-refractivity contribution in [2.75, 3.05) is 20.1 Å². The van der Waals surface area contributed by atoms with Crippen LogP contribution in [0.5, 0.6) is 0 Å². The highest BCUT2D eigenvalue weighted by Crippen LogP contribution is 2.32. The quantitative estimate of drug-likeness (QED) is 0.647. The lowest BCUT2D eigenvalue weighted by atomic mass is 9.82. The molecule has 3 N–H and O–H groups in total. The molecule has 0 spiro atoms. The van der Waals surface area contributed by atoms with Gasteiger partial charge in [-0.2, -0.15) is 0 Å². The van der Waals surface area contributed by atoms with Crippen molar-refractivity contribution in [2.24, 2.45) is 16.6 Å². The zero-order valence-corrected chi connectivity index (χ0v) is 16.1. The van der Waals surface area contributed by atoms with Gasteiger partial charge in [-0.25, -0.2) is 0 Å². The number of piperidine rings is 1. The van der Waals surface area contributed by atoms with E-state index in [0.29, 0.717) is 23.9 Å². The summed E-state index contributed by atoms with van der Waals surface area (Å²) in [7, 11) is 1.82. The van der Waals surface area contributed by atoms with Gasteiger partial charge >= 0.3 is 0 Å². The number of primary amides is 1. The van der Waals surface area contributed by atoms with Crippen LogP contribution in [0.3, 0.4) is 0 Å². The van der Waals surface area contributed by atoms with Crippen LogP contribution >= 0.6 is 0 Å². The zero-order valence-electron chi connectivity index (χ0n) is 16.1. The van der Waals surface area contributed by atoms with Crippen LogP contribution in [0.2, 0.25) is 0 Å². The molecule has 1 aliphatic rings. The average Bonchev–Trinajstić information content (AvgIpc) is 2.69. The molecular weight excluding hydrogens is 336 g/mol.